The Labute approximate surface area is 93.1 Å². The van der Waals surface area contributed by atoms with Gasteiger partial charge in [0.25, 0.3) is 0 Å². The largest absolute Gasteiger partial charge is 0.465 e. The summed E-state index contributed by atoms with van der Waals surface area (Å²) in [6.45, 7) is 2.02. The van der Waals surface area contributed by atoms with Crippen molar-refractivity contribution < 1.29 is 23.1 Å². The van der Waals surface area contributed by atoms with E-state index in [2.05, 4.69) is 0 Å². The minimum atomic E-state index is -3.13. The zero-order chi connectivity index (χ0) is 11.5. The van der Waals surface area contributed by atoms with Gasteiger partial charge in [-0.25, -0.2) is 8.42 Å². The summed E-state index contributed by atoms with van der Waals surface area (Å²) in [5.74, 6) is -0.546. The molecule has 7 heteroatoms. The first-order chi connectivity index (χ1) is 6.94. The Balaban J connectivity index is 2.37. The van der Waals surface area contributed by atoms with Gasteiger partial charge in [-0.15, -0.1) is 11.8 Å². The molecule has 0 radical (unpaired) electrons. The van der Waals surface area contributed by atoms with Crippen LogP contribution < -0.4 is 0 Å². The number of hydrogen-bond acceptors (Lipinski definition) is 6. The van der Waals surface area contributed by atoms with Crippen molar-refractivity contribution >= 4 is 27.6 Å². The second-order valence-electron chi connectivity index (χ2n) is 3.30. The number of ether oxygens (including phenoxy) is 1. The quantitative estimate of drug-likeness (QED) is 0.677. The molecule has 1 rings (SSSR count). The molecule has 1 heterocycles. The highest BCUT2D eigenvalue weighted by molar-refractivity contribution is 8.02. The second-order valence-corrected chi connectivity index (χ2v) is 6.68. The van der Waals surface area contributed by atoms with Gasteiger partial charge >= 0.3 is 5.97 Å². The minimum Gasteiger partial charge on any atom is -0.465 e. The molecule has 0 aromatic heterocycles. The summed E-state index contributed by atoms with van der Waals surface area (Å²) in [6.07, 6.45) is -0.866. The van der Waals surface area contributed by atoms with E-state index in [0.29, 0.717) is 6.61 Å². The molecule has 2 atom stereocenters. The first kappa shape index (κ1) is 12.8. The van der Waals surface area contributed by atoms with E-state index < -0.39 is 21.2 Å². The van der Waals surface area contributed by atoms with Crippen LogP contribution in [0.2, 0.25) is 0 Å². The average Bonchev–Trinajstić information content (AvgIpc) is 2.36. The average molecular weight is 254 g/mol. The van der Waals surface area contributed by atoms with Crippen molar-refractivity contribution in [1.29, 1.82) is 0 Å². The monoisotopic (exact) mass is 254 g/mol. The van der Waals surface area contributed by atoms with E-state index in [1.807, 2.05) is 0 Å². The predicted molar refractivity (Wildman–Crippen MR) is 57.5 cm³/mol. The van der Waals surface area contributed by atoms with E-state index in [1.54, 1.807) is 6.92 Å². The van der Waals surface area contributed by atoms with Crippen molar-refractivity contribution in [3.05, 3.63) is 0 Å². The number of carbonyl (C=O) groups is 1. The number of aliphatic hydroxyl groups is 1. The van der Waals surface area contributed by atoms with Gasteiger partial charge in [0, 0.05) is 5.25 Å². The molecule has 0 saturated carbocycles. The molecule has 0 aliphatic carbocycles. The highest BCUT2D eigenvalue weighted by Crippen LogP contribution is 2.24. The van der Waals surface area contributed by atoms with E-state index in [9.17, 15) is 18.3 Å². The Kier molecular flexibility index (Phi) is 4.42. The highest BCUT2D eigenvalue weighted by atomic mass is 32.2. The molecule has 1 N–H and O–H groups in total. The first-order valence-corrected chi connectivity index (χ1v) is 7.47. The number of rotatable bonds is 4. The summed E-state index contributed by atoms with van der Waals surface area (Å²) < 4.78 is 27.0. The van der Waals surface area contributed by atoms with Gasteiger partial charge in [0.05, 0.1) is 30.0 Å². The van der Waals surface area contributed by atoms with Gasteiger partial charge in [-0.3, -0.25) is 4.79 Å². The fraction of sp³-hybridized carbons (Fsp3) is 0.875. The standard InChI is InChI=1S/C8H14O5S2/c1-2-13-8(10)3-14-7-5-15(11,12)4-6(7)9/h6-7,9H,2-5H2,1H3. The Morgan fingerprint density at radius 2 is 2.20 bits per heavy atom. The van der Waals surface area contributed by atoms with Crippen molar-refractivity contribution in [2.24, 2.45) is 0 Å². The normalized spacial score (nSPS) is 28.9. The molecule has 5 nitrogen and oxygen atoms in total. The van der Waals surface area contributed by atoms with Crippen LogP contribution in [0.3, 0.4) is 0 Å². The van der Waals surface area contributed by atoms with Gasteiger partial charge < -0.3 is 9.84 Å². The molecule has 0 amide bonds. The third-order valence-electron chi connectivity index (χ3n) is 1.99. The molecule has 88 valence electrons. The Morgan fingerprint density at radius 3 is 2.67 bits per heavy atom. The summed E-state index contributed by atoms with van der Waals surface area (Å²) in [7, 11) is -3.13. The zero-order valence-corrected chi connectivity index (χ0v) is 10.0. The maximum Gasteiger partial charge on any atom is 0.315 e. The molecule has 0 aromatic carbocycles. The number of sulfone groups is 1. The number of aliphatic hydroxyl groups excluding tert-OH is 1. The van der Waals surface area contributed by atoms with E-state index in [4.69, 9.17) is 4.74 Å². The van der Waals surface area contributed by atoms with Crippen LogP contribution in [0.1, 0.15) is 6.92 Å². The van der Waals surface area contributed by atoms with Crippen LogP contribution in [0.4, 0.5) is 0 Å². The summed E-state index contributed by atoms with van der Waals surface area (Å²) >= 11 is 1.14. The molecule has 0 bridgehead atoms. The number of esters is 1. The summed E-state index contributed by atoms with van der Waals surface area (Å²) in [5, 5.41) is 9.01. The lowest BCUT2D eigenvalue weighted by molar-refractivity contribution is -0.139. The predicted octanol–water partition coefficient (Wildman–Crippen LogP) is -0.559. The third kappa shape index (κ3) is 4.00. The van der Waals surface area contributed by atoms with E-state index in [-0.39, 0.29) is 23.2 Å². The number of hydrogen-bond donors (Lipinski definition) is 1. The highest BCUT2D eigenvalue weighted by Gasteiger charge is 2.36. The zero-order valence-electron chi connectivity index (χ0n) is 8.38. The van der Waals surface area contributed by atoms with Crippen LogP contribution in [0, 0.1) is 0 Å². The van der Waals surface area contributed by atoms with E-state index in [0.717, 1.165) is 11.8 Å². The Hall–Kier alpha value is -0.270. The summed E-state index contributed by atoms with van der Waals surface area (Å²) in [4.78, 5) is 11.0. The van der Waals surface area contributed by atoms with Crippen LogP contribution in [-0.4, -0.2) is 54.7 Å². The van der Waals surface area contributed by atoms with Crippen molar-refractivity contribution in [3.63, 3.8) is 0 Å². The Morgan fingerprint density at radius 1 is 1.53 bits per heavy atom. The smallest absolute Gasteiger partial charge is 0.315 e. The number of carbonyl (C=O) groups excluding carboxylic acids is 1. The lowest BCUT2D eigenvalue weighted by Crippen LogP contribution is -2.22. The van der Waals surface area contributed by atoms with Gasteiger partial charge in [0.15, 0.2) is 9.84 Å². The van der Waals surface area contributed by atoms with Crippen molar-refractivity contribution in [2.75, 3.05) is 23.9 Å². The molecule has 15 heavy (non-hydrogen) atoms. The molecule has 1 fully saturated rings. The van der Waals surface area contributed by atoms with Crippen LogP contribution in [-0.2, 0) is 19.4 Å². The summed E-state index contributed by atoms with van der Waals surface area (Å²) in [5.41, 5.74) is 0. The van der Waals surface area contributed by atoms with Crippen molar-refractivity contribution in [2.45, 2.75) is 18.3 Å². The molecule has 1 aliphatic rings. The van der Waals surface area contributed by atoms with Gasteiger partial charge in [0.2, 0.25) is 0 Å². The van der Waals surface area contributed by atoms with Crippen molar-refractivity contribution in [3.8, 4) is 0 Å². The lowest BCUT2D eigenvalue weighted by Gasteiger charge is -2.10. The fourth-order valence-corrected chi connectivity index (χ4v) is 4.83. The molecule has 0 aromatic rings. The van der Waals surface area contributed by atoms with Crippen LogP contribution in [0.5, 0.6) is 0 Å². The van der Waals surface area contributed by atoms with Gasteiger partial charge in [-0.05, 0) is 6.92 Å². The minimum absolute atomic E-state index is 0.0573. The maximum atomic E-state index is 11.1. The lowest BCUT2D eigenvalue weighted by atomic mass is 10.3. The topological polar surface area (TPSA) is 80.7 Å². The van der Waals surface area contributed by atoms with Crippen LogP contribution >= 0.6 is 11.8 Å². The molecule has 1 saturated heterocycles. The van der Waals surface area contributed by atoms with E-state index >= 15 is 0 Å². The third-order valence-corrected chi connectivity index (χ3v) is 5.23. The summed E-state index contributed by atoms with van der Waals surface area (Å²) in [6, 6.07) is 0. The molecule has 1 aliphatic heterocycles. The fourth-order valence-electron chi connectivity index (χ4n) is 1.33. The first-order valence-electron chi connectivity index (χ1n) is 4.60. The second kappa shape index (κ2) is 5.18. The molecular formula is C8H14O5S2. The van der Waals surface area contributed by atoms with Gasteiger partial charge in [-0.1, -0.05) is 0 Å². The van der Waals surface area contributed by atoms with Crippen LogP contribution in [0.25, 0.3) is 0 Å². The van der Waals surface area contributed by atoms with Crippen molar-refractivity contribution in [1.82, 2.24) is 0 Å². The van der Waals surface area contributed by atoms with Gasteiger partial charge in [0.1, 0.15) is 0 Å². The van der Waals surface area contributed by atoms with Crippen LogP contribution in [0.15, 0.2) is 0 Å². The van der Waals surface area contributed by atoms with E-state index in [1.165, 1.54) is 0 Å². The molecular weight excluding hydrogens is 240 g/mol. The SMILES string of the molecule is CCOC(=O)CSC1CS(=O)(=O)CC1O. The molecule has 0 spiro atoms. The Bertz CT molecular complexity index is 324. The number of thioether (sulfide) groups is 1. The van der Waals surface area contributed by atoms with Gasteiger partial charge in [-0.2, -0.15) is 0 Å². The molecule has 2 unspecified atom stereocenters. The maximum absolute atomic E-state index is 11.1.